The average Bonchev–Trinajstić information content (AvgIpc) is 2.91. The number of ether oxygens (including phenoxy) is 2. The van der Waals surface area contributed by atoms with Gasteiger partial charge in [-0.25, -0.2) is 4.39 Å². The van der Waals surface area contributed by atoms with E-state index in [9.17, 15) is 4.39 Å². The van der Waals surface area contributed by atoms with E-state index in [0.29, 0.717) is 6.61 Å². The molecule has 1 N–H and O–H groups in total. The second kappa shape index (κ2) is 4.75. The van der Waals surface area contributed by atoms with Crippen molar-refractivity contribution in [3.8, 4) is 16.9 Å². The second-order valence-corrected chi connectivity index (χ2v) is 6.48. The van der Waals surface area contributed by atoms with Gasteiger partial charge in [-0.3, -0.25) is 0 Å². The van der Waals surface area contributed by atoms with Crippen LogP contribution in [0.15, 0.2) is 36.4 Å². The summed E-state index contributed by atoms with van der Waals surface area (Å²) in [7, 11) is 1.49. The van der Waals surface area contributed by atoms with E-state index in [4.69, 9.17) is 9.47 Å². The quantitative estimate of drug-likeness (QED) is 0.881. The summed E-state index contributed by atoms with van der Waals surface area (Å²) in [6.07, 6.45) is 2.10. The number of methoxy groups -OCH3 is 1. The van der Waals surface area contributed by atoms with Gasteiger partial charge in [-0.2, -0.15) is 0 Å². The lowest BCUT2D eigenvalue weighted by molar-refractivity contribution is 0.283. The molecule has 23 heavy (non-hydrogen) atoms. The lowest BCUT2D eigenvalue weighted by Gasteiger charge is -2.30. The minimum Gasteiger partial charge on any atom is -0.493 e. The first-order valence-corrected chi connectivity index (χ1v) is 7.63. The lowest BCUT2D eigenvalue weighted by atomic mass is 9.89. The van der Waals surface area contributed by atoms with Gasteiger partial charge >= 0.3 is 0 Å². The summed E-state index contributed by atoms with van der Waals surface area (Å²) in [4.78, 5) is 0. The Morgan fingerprint density at radius 1 is 1.17 bits per heavy atom. The molecule has 0 aliphatic carbocycles. The van der Waals surface area contributed by atoms with Crippen LogP contribution in [0.2, 0.25) is 0 Å². The van der Waals surface area contributed by atoms with E-state index in [1.54, 1.807) is 6.07 Å². The van der Waals surface area contributed by atoms with Gasteiger partial charge in [0.05, 0.1) is 12.6 Å². The van der Waals surface area contributed by atoms with Gasteiger partial charge in [0.15, 0.2) is 11.6 Å². The Labute approximate surface area is 134 Å². The molecule has 0 saturated heterocycles. The molecule has 0 atom stereocenters. The zero-order valence-corrected chi connectivity index (χ0v) is 13.4. The van der Waals surface area contributed by atoms with E-state index >= 15 is 0 Å². The number of nitrogens with one attached hydrogen (secondary N) is 1. The monoisotopic (exact) mass is 311 g/mol. The molecular weight excluding hydrogens is 293 g/mol. The van der Waals surface area contributed by atoms with Crippen LogP contribution in [0.3, 0.4) is 0 Å². The fourth-order valence-corrected chi connectivity index (χ4v) is 3.41. The first kappa shape index (κ1) is 14.1. The van der Waals surface area contributed by atoms with Crippen LogP contribution in [0.25, 0.3) is 16.9 Å². The molecule has 0 fully saturated rings. The summed E-state index contributed by atoms with van der Waals surface area (Å²) in [6.45, 7) is 4.70. The summed E-state index contributed by atoms with van der Waals surface area (Å²) < 4.78 is 25.2. The van der Waals surface area contributed by atoms with Crippen LogP contribution in [0.1, 0.15) is 25.0 Å². The molecule has 4 heteroatoms. The molecule has 2 aliphatic heterocycles. The molecule has 3 nitrogen and oxygen atoms in total. The summed E-state index contributed by atoms with van der Waals surface area (Å²) in [5.41, 5.74) is 4.75. The highest BCUT2D eigenvalue weighted by atomic mass is 19.1. The van der Waals surface area contributed by atoms with Gasteiger partial charge in [0.2, 0.25) is 0 Å². The van der Waals surface area contributed by atoms with Crippen LogP contribution in [-0.2, 0) is 11.3 Å². The third-order valence-electron chi connectivity index (χ3n) is 4.34. The van der Waals surface area contributed by atoms with Crippen LogP contribution in [0.5, 0.6) is 5.75 Å². The SMILES string of the molecule is COc1c(F)cccc1-c1ccc2c3c1COC3=CC(C)(C)N2. The van der Waals surface area contributed by atoms with E-state index in [1.807, 2.05) is 18.2 Å². The summed E-state index contributed by atoms with van der Waals surface area (Å²) >= 11 is 0. The summed E-state index contributed by atoms with van der Waals surface area (Å²) in [5, 5.41) is 3.50. The van der Waals surface area contributed by atoms with Gasteiger partial charge in [0.1, 0.15) is 12.4 Å². The molecule has 0 aromatic heterocycles. The Bertz CT molecular complexity index is 840. The van der Waals surface area contributed by atoms with Crippen LogP contribution in [0, 0.1) is 5.82 Å². The highest BCUT2D eigenvalue weighted by Crippen LogP contribution is 2.46. The van der Waals surface area contributed by atoms with Crippen molar-refractivity contribution in [2.75, 3.05) is 12.4 Å². The lowest BCUT2D eigenvalue weighted by Crippen LogP contribution is -2.31. The van der Waals surface area contributed by atoms with Crippen molar-refractivity contribution in [3.05, 3.63) is 53.4 Å². The standard InChI is InChI=1S/C19H18FNO2/c1-19(2)9-16-17-13(10-23-16)11(7-8-15(17)21-19)12-5-4-6-14(20)18(12)22-3/h4-9,21H,10H2,1-3H3. The molecule has 2 aromatic carbocycles. The largest absolute Gasteiger partial charge is 0.493 e. The van der Waals surface area contributed by atoms with Crippen LogP contribution in [-0.4, -0.2) is 12.6 Å². The zero-order chi connectivity index (χ0) is 16.2. The predicted octanol–water partition coefficient (Wildman–Crippen LogP) is 4.58. The molecule has 2 aliphatic rings. The Kier molecular flexibility index (Phi) is 2.92. The van der Waals surface area contributed by atoms with Crippen molar-refractivity contribution < 1.29 is 13.9 Å². The minimum atomic E-state index is -0.358. The molecule has 2 heterocycles. The van der Waals surface area contributed by atoms with Crippen molar-refractivity contribution in [2.24, 2.45) is 0 Å². The van der Waals surface area contributed by atoms with Gasteiger partial charge in [-0.1, -0.05) is 18.2 Å². The van der Waals surface area contributed by atoms with Gasteiger partial charge in [0, 0.05) is 22.4 Å². The molecule has 0 radical (unpaired) electrons. The molecule has 0 bridgehead atoms. The number of hydrogen-bond donors (Lipinski definition) is 1. The summed E-state index contributed by atoms with van der Waals surface area (Å²) in [5.74, 6) is 0.810. The third kappa shape index (κ3) is 2.09. The number of benzene rings is 2. The summed E-state index contributed by atoms with van der Waals surface area (Å²) in [6, 6.07) is 9.02. The van der Waals surface area contributed by atoms with Gasteiger partial charge in [-0.15, -0.1) is 0 Å². The molecule has 0 saturated carbocycles. The average molecular weight is 311 g/mol. The number of hydrogen-bond acceptors (Lipinski definition) is 3. The number of halogens is 1. The third-order valence-corrected chi connectivity index (χ3v) is 4.34. The maximum atomic E-state index is 14.0. The molecule has 0 spiro atoms. The Balaban J connectivity index is 1.94. The van der Waals surface area contributed by atoms with E-state index in [2.05, 4.69) is 25.2 Å². The maximum Gasteiger partial charge on any atom is 0.165 e. The molecular formula is C19H18FNO2. The van der Waals surface area contributed by atoms with Crippen LogP contribution in [0.4, 0.5) is 10.1 Å². The van der Waals surface area contributed by atoms with Crippen LogP contribution < -0.4 is 10.1 Å². The Hall–Kier alpha value is -2.49. The van der Waals surface area contributed by atoms with Crippen molar-refractivity contribution in [1.82, 2.24) is 0 Å². The Morgan fingerprint density at radius 2 is 2.00 bits per heavy atom. The van der Waals surface area contributed by atoms with E-state index in [-0.39, 0.29) is 17.1 Å². The maximum absolute atomic E-state index is 14.0. The molecule has 4 rings (SSSR count). The Morgan fingerprint density at radius 3 is 2.78 bits per heavy atom. The topological polar surface area (TPSA) is 30.5 Å². The van der Waals surface area contributed by atoms with Crippen molar-refractivity contribution in [2.45, 2.75) is 26.0 Å². The van der Waals surface area contributed by atoms with E-state index in [0.717, 1.165) is 33.7 Å². The van der Waals surface area contributed by atoms with E-state index in [1.165, 1.54) is 13.2 Å². The van der Waals surface area contributed by atoms with E-state index < -0.39 is 0 Å². The highest BCUT2D eigenvalue weighted by Gasteiger charge is 2.33. The van der Waals surface area contributed by atoms with Gasteiger partial charge in [-0.05, 0) is 37.6 Å². The fourth-order valence-electron chi connectivity index (χ4n) is 3.41. The fraction of sp³-hybridized carbons (Fsp3) is 0.263. The highest BCUT2D eigenvalue weighted by molar-refractivity contribution is 5.88. The number of anilines is 1. The second-order valence-electron chi connectivity index (χ2n) is 6.48. The predicted molar refractivity (Wildman–Crippen MR) is 88.9 cm³/mol. The molecule has 0 amide bonds. The number of para-hydroxylation sites is 1. The molecule has 2 aromatic rings. The molecule has 0 unspecified atom stereocenters. The minimum absolute atomic E-state index is 0.151. The zero-order valence-electron chi connectivity index (χ0n) is 13.4. The molecule has 118 valence electrons. The van der Waals surface area contributed by atoms with Crippen LogP contribution >= 0.6 is 0 Å². The van der Waals surface area contributed by atoms with Gasteiger partial charge in [0.25, 0.3) is 0 Å². The van der Waals surface area contributed by atoms with Crippen molar-refractivity contribution in [1.29, 1.82) is 0 Å². The first-order valence-electron chi connectivity index (χ1n) is 7.63. The van der Waals surface area contributed by atoms with Gasteiger partial charge < -0.3 is 14.8 Å². The first-order chi connectivity index (χ1) is 11.0. The normalized spacial score (nSPS) is 17.0. The smallest absolute Gasteiger partial charge is 0.165 e. The van der Waals surface area contributed by atoms with Crippen molar-refractivity contribution in [3.63, 3.8) is 0 Å². The van der Waals surface area contributed by atoms with Crippen molar-refractivity contribution >= 4 is 11.4 Å². The number of rotatable bonds is 2.